The molecule has 0 radical (unpaired) electrons. The predicted octanol–water partition coefficient (Wildman–Crippen LogP) is 2.37. The van der Waals surface area contributed by atoms with Crippen molar-refractivity contribution in [2.24, 2.45) is 0 Å². The van der Waals surface area contributed by atoms with Gasteiger partial charge >= 0.3 is 0 Å². The molecule has 0 atom stereocenters. The lowest BCUT2D eigenvalue weighted by Crippen LogP contribution is -2.24. The summed E-state index contributed by atoms with van der Waals surface area (Å²) in [6.07, 6.45) is 0. The minimum absolute atomic E-state index is 0.173. The molecular weight excluding hydrogens is 402 g/mol. The summed E-state index contributed by atoms with van der Waals surface area (Å²) in [6, 6.07) is 12.5. The van der Waals surface area contributed by atoms with Crippen LogP contribution >= 0.6 is 15.9 Å². The normalized spacial score (nSPS) is 10.4. The summed E-state index contributed by atoms with van der Waals surface area (Å²) in [5.74, 6) is 1.29. The van der Waals surface area contributed by atoms with E-state index in [9.17, 15) is 4.79 Å². The number of aromatic nitrogens is 4. The highest BCUT2D eigenvalue weighted by Crippen LogP contribution is 2.27. The molecule has 0 aliphatic rings. The topological polar surface area (TPSA) is 91.2 Å². The van der Waals surface area contributed by atoms with Gasteiger partial charge in [0.15, 0.2) is 17.3 Å². The Labute approximate surface area is 158 Å². The first-order valence-corrected chi connectivity index (χ1v) is 8.45. The fourth-order valence-corrected chi connectivity index (χ4v) is 2.75. The van der Waals surface area contributed by atoms with E-state index in [4.69, 9.17) is 9.47 Å². The zero-order valence-corrected chi connectivity index (χ0v) is 15.7. The molecule has 1 heterocycles. The third kappa shape index (κ3) is 3.83. The Morgan fingerprint density at radius 1 is 1.15 bits per heavy atom. The van der Waals surface area contributed by atoms with Crippen molar-refractivity contribution >= 4 is 21.8 Å². The lowest BCUT2D eigenvalue weighted by molar-refractivity contribution is 0.0949. The number of rotatable bonds is 6. The van der Waals surface area contributed by atoms with Crippen molar-refractivity contribution in [2.45, 2.75) is 6.54 Å². The van der Waals surface area contributed by atoms with Gasteiger partial charge in [-0.05, 0) is 46.8 Å². The fourth-order valence-electron chi connectivity index (χ4n) is 2.36. The number of hydrogen-bond acceptors (Lipinski definition) is 6. The van der Waals surface area contributed by atoms with E-state index >= 15 is 0 Å². The molecule has 1 N–H and O–H groups in total. The summed E-state index contributed by atoms with van der Waals surface area (Å²) in [5.41, 5.74) is 1.24. The van der Waals surface area contributed by atoms with Crippen LogP contribution in [0.2, 0.25) is 0 Å². The molecule has 3 rings (SSSR count). The van der Waals surface area contributed by atoms with Crippen LogP contribution < -0.4 is 14.8 Å². The smallest absolute Gasteiger partial charge is 0.251 e. The molecule has 8 nitrogen and oxygen atoms in total. The van der Waals surface area contributed by atoms with Crippen LogP contribution in [-0.2, 0) is 6.54 Å². The van der Waals surface area contributed by atoms with Gasteiger partial charge in [-0.1, -0.05) is 22.0 Å². The maximum atomic E-state index is 12.4. The van der Waals surface area contributed by atoms with E-state index in [-0.39, 0.29) is 12.5 Å². The van der Waals surface area contributed by atoms with Crippen molar-refractivity contribution in [3.63, 3.8) is 0 Å². The average Bonchev–Trinajstić information content (AvgIpc) is 3.14. The van der Waals surface area contributed by atoms with Crippen molar-refractivity contribution < 1.29 is 14.3 Å². The quantitative estimate of drug-likeness (QED) is 0.661. The second-order valence-corrected chi connectivity index (χ2v) is 6.15. The van der Waals surface area contributed by atoms with Gasteiger partial charge in [0.1, 0.15) is 0 Å². The molecular formula is C17H16BrN5O3. The third-order valence-electron chi connectivity index (χ3n) is 3.64. The van der Waals surface area contributed by atoms with Gasteiger partial charge in [-0.2, -0.15) is 4.68 Å². The molecule has 0 unspecified atom stereocenters. The molecule has 0 bridgehead atoms. The average molecular weight is 418 g/mol. The molecule has 26 heavy (non-hydrogen) atoms. The van der Waals surface area contributed by atoms with Crippen LogP contribution in [0, 0.1) is 0 Å². The predicted molar refractivity (Wildman–Crippen MR) is 97.6 cm³/mol. The van der Waals surface area contributed by atoms with E-state index in [0.29, 0.717) is 22.9 Å². The van der Waals surface area contributed by atoms with Crippen molar-refractivity contribution in [1.82, 2.24) is 25.5 Å². The van der Waals surface area contributed by atoms with E-state index in [1.54, 1.807) is 30.0 Å². The largest absolute Gasteiger partial charge is 0.493 e. The summed E-state index contributed by atoms with van der Waals surface area (Å²) >= 11 is 3.42. The minimum atomic E-state index is -0.269. The number of amides is 1. The molecule has 0 aliphatic carbocycles. The first kappa shape index (κ1) is 17.9. The maximum absolute atomic E-state index is 12.4. The number of hydrogen-bond donors (Lipinski definition) is 1. The summed E-state index contributed by atoms with van der Waals surface area (Å²) in [4.78, 5) is 12.4. The van der Waals surface area contributed by atoms with Gasteiger partial charge in [-0.3, -0.25) is 4.79 Å². The van der Waals surface area contributed by atoms with Gasteiger partial charge < -0.3 is 14.8 Å². The van der Waals surface area contributed by atoms with Crippen LogP contribution in [0.1, 0.15) is 16.2 Å². The maximum Gasteiger partial charge on any atom is 0.251 e. The number of carbonyl (C=O) groups excluding carboxylic acids is 1. The molecule has 0 saturated heterocycles. The number of tetrazole rings is 1. The molecule has 1 aromatic heterocycles. The Morgan fingerprint density at radius 3 is 2.69 bits per heavy atom. The van der Waals surface area contributed by atoms with E-state index in [1.165, 1.54) is 7.11 Å². The van der Waals surface area contributed by atoms with Crippen LogP contribution in [0.4, 0.5) is 0 Å². The Bertz CT molecular complexity index is 928. The van der Waals surface area contributed by atoms with Crippen molar-refractivity contribution in [2.75, 3.05) is 14.2 Å². The van der Waals surface area contributed by atoms with Gasteiger partial charge in [-0.15, -0.1) is 5.10 Å². The molecule has 0 spiro atoms. The number of benzene rings is 2. The first-order valence-electron chi connectivity index (χ1n) is 7.66. The fraction of sp³-hybridized carbons (Fsp3) is 0.176. The molecule has 1 amide bonds. The number of ether oxygens (including phenoxy) is 2. The van der Waals surface area contributed by atoms with Crippen LogP contribution in [0.5, 0.6) is 11.5 Å². The Morgan fingerprint density at radius 2 is 1.96 bits per heavy atom. The third-order valence-corrected chi connectivity index (χ3v) is 4.13. The number of nitrogens with one attached hydrogen (secondary N) is 1. The van der Waals surface area contributed by atoms with Crippen LogP contribution in [0.15, 0.2) is 46.9 Å². The standard InChI is InChI=1S/C17H16BrN5O3/c1-25-14-7-6-11(8-15(14)26-2)17(24)19-10-16-20-21-22-23(16)13-5-3-4-12(18)9-13/h3-9H,10H2,1-2H3,(H,19,24). The Hall–Kier alpha value is -2.94. The summed E-state index contributed by atoms with van der Waals surface area (Å²) in [5, 5.41) is 14.4. The van der Waals surface area contributed by atoms with Crippen molar-refractivity contribution in [3.8, 4) is 17.2 Å². The zero-order chi connectivity index (χ0) is 18.5. The molecule has 2 aromatic carbocycles. The van der Waals surface area contributed by atoms with Gasteiger partial charge in [0.25, 0.3) is 5.91 Å². The first-order chi connectivity index (χ1) is 12.6. The highest BCUT2D eigenvalue weighted by Gasteiger charge is 2.13. The molecule has 9 heteroatoms. The van der Waals surface area contributed by atoms with E-state index in [2.05, 4.69) is 36.8 Å². The van der Waals surface area contributed by atoms with Crippen LogP contribution in [0.25, 0.3) is 5.69 Å². The van der Waals surface area contributed by atoms with E-state index in [0.717, 1.165) is 10.2 Å². The second kappa shape index (κ2) is 7.96. The van der Waals surface area contributed by atoms with Gasteiger partial charge in [-0.25, -0.2) is 0 Å². The molecule has 0 saturated carbocycles. The Balaban J connectivity index is 1.74. The molecule has 3 aromatic rings. The lowest BCUT2D eigenvalue weighted by Gasteiger charge is -2.10. The Kier molecular flexibility index (Phi) is 5.47. The van der Waals surface area contributed by atoms with Gasteiger partial charge in [0, 0.05) is 10.0 Å². The van der Waals surface area contributed by atoms with Crippen molar-refractivity contribution in [1.29, 1.82) is 0 Å². The van der Waals surface area contributed by atoms with E-state index in [1.807, 2.05) is 24.3 Å². The highest BCUT2D eigenvalue weighted by atomic mass is 79.9. The molecule has 0 aliphatic heterocycles. The summed E-state index contributed by atoms with van der Waals surface area (Å²) in [6.45, 7) is 0.173. The monoisotopic (exact) mass is 417 g/mol. The molecule has 134 valence electrons. The van der Waals surface area contributed by atoms with E-state index < -0.39 is 0 Å². The lowest BCUT2D eigenvalue weighted by atomic mass is 10.2. The summed E-state index contributed by atoms with van der Waals surface area (Å²) in [7, 11) is 3.06. The molecule has 0 fully saturated rings. The number of halogens is 1. The number of carbonyl (C=O) groups is 1. The van der Waals surface area contributed by atoms with Crippen LogP contribution in [-0.4, -0.2) is 40.3 Å². The number of methoxy groups -OCH3 is 2. The second-order valence-electron chi connectivity index (χ2n) is 5.24. The highest BCUT2D eigenvalue weighted by molar-refractivity contribution is 9.10. The van der Waals surface area contributed by atoms with Gasteiger partial charge in [0.2, 0.25) is 0 Å². The SMILES string of the molecule is COc1ccc(C(=O)NCc2nnnn2-c2cccc(Br)c2)cc1OC. The van der Waals surface area contributed by atoms with Crippen LogP contribution in [0.3, 0.4) is 0 Å². The van der Waals surface area contributed by atoms with Gasteiger partial charge in [0.05, 0.1) is 26.5 Å². The number of nitrogens with zero attached hydrogens (tertiary/aromatic N) is 4. The zero-order valence-electron chi connectivity index (χ0n) is 14.1. The minimum Gasteiger partial charge on any atom is -0.493 e. The summed E-state index contributed by atoms with van der Waals surface area (Å²) < 4.78 is 12.9. The van der Waals surface area contributed by atoms with Crippen molar-refractivity contribution in [3.05, 3.63) is 58.3 Å².